The molecular weight excluding hydrogens is 310 g/mol. The number of H-pyrrole nitrogens is 1. The summed E-state index contributed by atoms with van der Waals surface area (Å²) in [5, 5.41) is 9.99. The van der Waals surface area contributed by atoms with Crippen LogP contribution in [0.25, 0.3) is 33.2 Å². The molecule has 0 unspecified atom stereocenters. The molecule has 0 aliphatic heterocycles. The van der Waals surface area contributed by atoms with Crippen LogP contribution in [0.2, 0.25) is 0 Å². The number of carbonyl (C=O) groups is 1. The smallest absolute Gasteiger partial charge is 0.307 e. The van der Waals surface area contributed by atoms with Gasteiger partial charge in [-0.05, 0) is 33.9 Å². The minimum atomic E-state index is -0.820. The molecule has 0 saturated carbocycles. The summed E-state index contributed by atoms with van der Waals surface area (Å²) in [5.41, 5.74) is 6.39. The van der Waals surface area contributed by atoms with Gasteiger partial charge in [-0.25, -0.2) is 0 Å². The molecule has 3 aromatic carbocycles. The molecule has 0 atom stereocenters. The second kappa shape index (κ2) is 6.29. The Hall–Kier alpha value is -3.33. The Bertz CT molecular complexity index is 1050. The SMILES string of the molecule is O=C(O)Cc1c[nH]c2cc(-c3ccccc3-c3ccccc3)ccc12. The van der Waals surface area contributed by atoms with E-state index in [9.17, 15) is 4.79 Å². The molecule has 4 rings (SSSR count). The van der Waals surface area contributed by atoms with E-state index in [1.165, 1.54) is 11.1 Å². The van der Waals surface area contributed by atoms with Crippen LogP contribution >= 0.6 is 0 Å². The third kappa shape index (κ3) is 2.92. The van der Waals surface area contributed by atoms with Crippen molar-refractivity contribution in [1.82, 2.24) is 4.98 Å². The largest absolute Gasteiger partial charge is 0.481 e. The molecule has 0 aliphatic rings. The molecule has 3 heteroatoms. The Morgan fingerprint density at radius 3 is 2.24 bits per heavy atom. The lowest BCUT2D eigenvalue weighted by Crippen LogP contribution is -1.98. The third-order valence-electron chi connectivity index (χ3n) is 4.43. The van der Waals surface area contributed by atoms with Gasteiger partial charge in [0.1, 0.15) is 0 Å². The van der Waals surface area contributed by atoms with Crippen molar-refractivity contribution in [3.8, 4) is 22.3 Å². The van der Waals surface area contributed by atoms with Crippen LogP contribution < -0.4 is 0 Å². The summed E-state index contributed by atoms with van der Waals surface area (Å²) in [5.74, 6) is -0.820. The van der Waals surface area contributed by atoms with Gasteiger partial charge in [0.25, 0.3) is 0 Å². The van der Waals surface area contributed by atoms with E-state index in [0.29, 0.717) is 0 Å². The highest BCUT2D eigenvalue weighted by atomic mass is 16.4. The van der Waals surface area contributed by atoms with Gasteiger partial charge in [-0.1, -0.05) is 66.7 Å². The van der Waals surface area contributed by atoms with Crippen molar-refractivity contribution in [3.63, 3.8) is 0 Å². The van der Waals surface area contributed by atoms with Crippen molar-refractivity contribution in [2.45, 2.75) is 6.42 Å². The monoisotopic (exact) mass is 327 g/mol. The predicted octanol–water partition coefficient (Wildman–Crippen LogP) is 5.13. The Balaban J connectivity index is 1.82. The zero-order valence-electron chi connectivity index (χ0n) is 13.6. The van der Waals surface area contributed by atoms with Gasteiger partial charge in [-0.2, -0.15) is 0 Å². The van der Waals surface area contributed by atoms with E-state index in [4.69, 9.17) is 5.11 Å². The number of aliphatic carboxylic acids is 1. The van der Waals surface area contributed by atoms with Crippen molar-refractivity contribution < 1.29 is 9.90 Å². The minimum Gasteiger partial charge on any atom is -0.481 e. The van der Waals surface area contributed by atoms with Gasteiger partial charge in [0, 0.05) is 17.1 Å². The first-order chi connectivity index (χ1) is 12.2. The number of benzene rings is 3. The Labute approximate surface area is 145 Å². The van der Waals surface area contributed by atoms with Crippen LogP contribution in [0.5, 0.6) is 0 Å². The summed E-state index contributed by atoms with van der Waals surface area (Å²) < 4.78 is 0. The number of nitrogens with one attached hydrogen (secondary N) is 1. The van der Waals surface area contributed by atoms with Gasteiger partial charge in [0.05, 0.1) is 6.42 Å². The fourth-order valence-electron chi connectivity index (χ4n) is 3.27. The highest BCUT2D eigenvalue weighted by molar-refractivity contribution is 5.92. The summed E-state index contributed by atoms with van der Waals surface area (Å²) in [6, 6.07) is 24.8. The van der Waals surface area contributed by atoms with E-state index in [2.05, 4.69) is 41.4 Å². The molecule has 0 radical (unpaired) electrons. The van der Waals surface area contributed by atoms with E-state index in [1.54, 1.807) is 6.20 Å². The van der Waals surface area contributed by atoms with Crippen molar-refractivity contribution >= 4 is 16.9 Å². The number of fused-ring (bicyclic) bond motifs is 1. The number of carboxylic acids is 1. The van der Waals surface area contributed by atoms with Gasteiger partial charge < -0.3 is 10.1 Å². The van der Waals surface area contributed by atoms with E-state index in [1.807, 2.05) is 36.4 Å². The van der Waals surface area contributed by atoms with Gasteiger partial charge in [-0.3, -0.25) is 4.79 Å². The predicted molar refractivity (Wildman–Crippen MR) is 101 cm³/mol. The van der Waals surface area contributed by atoms with E-state index >= 15 is 0 Å². The molecule has 3 nitrogen and oxygen atoms in total. The van der Waals surface area contributed by atoms with Crippen molar-refractivity contribution in [2.75, 3.05) is 0 Å². The van der Waals surface area contributed by atoms with Crippen LogP contribution in [0, 0.1) is 0 Å². The van der Waals surface area contributed by atoms with Crippen LogP contribution in [-0.4, -0.2) is 16.1 Å². The summed E-state index contributed by atoms with van der Waals surface area (Å²) >= 11 is 0. The number of carboxylic acid groups (broad SMARTS) is 1. The quantitative estimate of drug-likeness (QED) is 0.546. The Morgan fingerprint density at radius 2 is 1.52 bits per heavy atom. The molecule has 0 amide bonds. The molecule has 0 fully saturated rings. The lowest BCUT2D eigenvalue weighted by Gasteiger charge is -2.10. The van der Waals surface area contributed by atoms with Crippen LogP contribution in [0.3, 0.4) is 0 Å². The summed E-state index contributed by atoms with van der Waals surface area (Å²) in [4.78, 5) is 14.2. The maximum absolute atomic E-state index is 11.0. The first-order valence-corrected chi connectivity index (χ1v) is 8.19. The highest BCUT2D eigenvalue weighted by Gasteiger charge is 2.11. The average molecular weight is 327 g/mol. The summed E-state index contributed by atoms with van der Waals surface area (Å²) in [6.07, 6.45) is 1.81. The number of aromatic amines is 1. The maximum Gasteiger partial charge on any atom is 0.307 e. The topological polar surface area (TPSA) is 53.1 Å². The molecule has 122 valence electrons. The molecule has 4 aromatic rings. The van der Waals surface area contributed by atoms with E-state index in [0.717, 1.165) is 27.6 Å². The van der Waals surface area contributed by atoms with Crippen molar-refractivity contribution in [2.24, 2.45) is 0 Å². The number of aromatic nitrogens is 1. The lowest BCUT2D eigenvalue weighted by atomic mass is 9.94. The van der Waals surface area contributed by atoms with E-state index in [-0.39, 0.29) is 6.42 Å². The molecule has 0 spiro atoms. The normalized spacial score (nSPS) is 10.9. The standard InChI is InChI=1S/C22H17NO2/c24-22(25)13-17-14-23-21-12-16(10-11-20(17)21)19-9-5-4-8-18(19)15-6-2-1-3-7-15/h1-12,14,23H,13H2,(H,24,25). The Morgan fingerprint density at radius 1 is 0.840 bits per heavy atom. The zero-order chi connectivity index (χ0) is 17.2. The second-order valence-corrected chi connectivity index (χ2v) is 6.06. The molecule has 0 saturated heterocycles. The zero-order valence-corrected chi connectivity index (χ0v) is 13.6. The van der Waals surface area contributed by atoms with Gasteiger partial charge in [0.15, 0.2) is 0 Å². The number of rotatable bonds is 4. The average Bonchev–Trinajstić information content (AvgIpc) is 3.04. The number of hydrogen-bond acceptors (Lipinski definition) is 1. The fourth-order valence-corrected chi connectivity index (χ4v) is 3.27. The molecule has 0 aliphatic carbocycles. The van der Waals surface area contributed by atoms with Gasteiger partial charge in [-0.15, -0.1) is 0 Å². The molecule has 25 heavy (non-hydrogen) atoms. The second-order valence-electron chi connectivity index (χ2n) is 6.06. The minimum absolute atomic E-state index is 0.0277. The fraction of sp³-hybridized carbons (Fsp3) is 0.0455. The third-order valence-corrected chi connectivity index (χ3v) is 4.43. The molecule has 1 heterocycles. The van der Waals surface area contributed by atoms with Crippen LogP contribution in [0.4, 0.5) is 0 Å². The molecule has 1 aromatic heterocycles. The summed E-state index contributed by atoms with van der Waals surface area (Å²) in [7, 11) is 0. The van der Waals surface area contributed by atoms with Gasteiger partial charge >= 0.3 is 5.97 Å². The summed E-state index contributed by atoms with van der Waals surface area (Å²) in [6.45, 7) is 0. The molecule has 2 N–H and O–H groups in total. The first kappa shape index (κ1) is 15.2. The van der Waals surface area contributed by atoms with Crippen molar-refractivity contribution in [3.05, 3.63) is 84.6 Å². The Kier molecular flexibility index (Phi) is 3.82. The van der Waals surface area contributed by atoms with E-state index < -0.39 is 5.97 Å². The highest BCUT2D eigenvalue weighted by Crippen LogP contribution is 2.33. The maximum atomic E-state index is 11.0. The molecule has 0 bridgehead atoms. The van der Waals surface area contributed by atoms with Crippen molar-refractivity contribution in [1.29, 1.82) is 0 Å². The lowest BCUT2D eigenvalue weighted by molar-refractivity contribution is -0.136. The number of hydrogen-bond donors (Lipinski definition) is 2. The van der Waals surface area contributed by atoms with Crippen LogP contribution in [0.1, 0.15) is 5.56 Å². The van der Waals surface area contributed by atoms with Gasteiger partial charge in [0.2, 0.25) is 0 Å². The van der Waals surface area contributed by atoms with Crippen LogP contribution in [0.15, 0.2) is 79.0 Å². The molecular formula is C22H17NO2. The first-order valence-electron chi connectivity index (χ1n) is 8.19. The van der Waals surface area contributed by atoms with Crippen LogP contribution in [-0.2, 0) is 11.2 Å².